The van der Waals surface area contributed by atoms with Gasteiger partial charge in [0, 0.05) is 54.9 Å². The zero-order valence-corrected chi connectivity index (χ0v) is 19.8. The molecule has 2 heterocycles. The summed E-state index contributed by atoms with van der Waals surface area (Å²) < 4.78 is 34.7. The Bertz CT molecular complexity index is 1090. The Labute approximate surface area is 196 Å². The van der Waals surface area contributed by atoms with E-state index >= 15 is 0 Å². The van der Waals surface area contributed by atoms with Gasteiger partial charge in [0.15, 0.2) is 5.78 Å². The second-order valence-corrected chi connectivity index (χ2v) is 10.4. The van der Waals surface area contributed by atoms with Gasteiger partial charge in [-0.3, -0.25) is 9.59 Å². The van der Waals surface area contributed by atoms with E-state index in [1.165, 1.54) is 8.61 Å². The normalized spacial score (nSPS) is 18.5. The Morgan fingerprint density at radius 1 is 0.781 bits per heavy atom. The minimum atomic E-state index is -3.57. The lowest BCUT2D eigenvalue weighted by atomic mass is 9.97. The summed E-state index contributed by atoms with van der Waals surface area (Å²) in [5, 5.41) is 0. The highest BCUT2D eigenvalue weighted by molar-refractivity contribution is 9.10. The van der Waals surface area contributed by atoms with Crippen molar-refractivity contribution in [3.05, 3.63) is 69.7 Å². The van der Waals surface area contributed by atoms with E-state index in [4.69, 9.17) is 4.74 Å². The van der Waals surface area contributed by atoms with E-state index in [2.05, 4.69) is 15.9 Å². The van der Waals surface area contributed by atoms with Crippen molar-refractivity contribution in [3.8, 4) is 0 Å². The Balaban J connectivity index is 1.47. The fraction of sp³-hybridized carbons (Fsp3) is 0.364. The number of amides is 1. The average molecular weight is 522 g/mol. The van der Waals surface area contributed by atoms with Crippen LogP contribution in [0, 0.1) is 0 Å². The highest BCUT2D eigenvalue weighted by Crippen LogP contribution is 2.20. The number of piperazine rings is 1. The number of hydrogen-bond acceptors (Lipinski definition) is 5. The first-order chi connectivity index (χ1) is 15.4. The number of carbonyl (C=O) groups is 2. The number of benzene rings is 2. The van der Waals surface area contributed by atoms with Crippen LogP contribution in [0.5, 0.6) is 0 Å². The van der Waals surface area contributed by atoms with Gasteiger partial charge < -0.3 is 9.64 Å². The highest BCUT2D eigenvalue weighted by Gasteiger charge is 2.35. The quantitative estimate of drug-likeness (QED) is 0.561. The van der Waals surface area contributed by atoms with Gasteiger partial charge >= 0.3 is 0 Å². The molecule has 2 aromatic carbocycles. The molecule has 2 saturated heterocycles. The van der Waals surface area contributed by atoms with Crippen molar-refractivity contribution in [2.75, 3.05) is 52.5 Å². The van der Waals surface area contributed by atoms with Crippen LogP contribution in [0.25, 0.3) is 0 Å². The fourth-order valence-electron chi connectivity index (χ4n) is 3.86. The van der Waals surface area contributed by atoms with Gasteiger partial charge in [-0.15, -0.1) is 0 Å². The summed E-state index contributed by atoms with van der Waals surface area (Å²) >= 11 is 3.36. The molecule has 2 fully saturated rings. The molecule has 0 N–H and O–H groups in total. The van der Waals surface area contributed by atoms with Gasteiger partial charge in [0.25, 0.3) is 16.1 Å². The molecule has 0 unspecified atom stereocenters. The molecule has 2 aliphatic heterocycles. The third-order valence-corrected chi connectivity index (χ3v) is 8.22. The molecule has 2 aromatic rings. The molecule has 10 heteroatoms. The average Bonchev–Trinajstić information content (AvgIpc) is 2.84. The predicted octanol–water partition coefficient (Wildman–Crippen LogP) is 2.01. The van der Waals surface area contributed by atoms with Gasteiger partial charge in [-0.25, -0.2) is 0 Å². The SMILES string of the molecule is O=C(c1ccc(Br)cc1)c1ccccc1C(=O)N1CCN(S(=O)(=O)N2CCOCC2)CC1. The Morgan fingerprint density at radius 3 is 1.97 bits per heavy atom. The monoisotopic (exact) mass is 521 g/mol. The predicted molar refractivity (Wildman–Crippen MR) is 123 cm³/mol. The fourth-order valence-corrected chi connectivity index (χ4v) is 5.68. The van der Waals surface area contributed by atoms with E-state index in [0.717, 1.165) is 4.47 Å². The number of carbonyl (C=O) groups excluding carboxylic acids is 2. The number of ether oxygens (including phenoxy) is 1. The molecule has 2 aliphatic rings. The number of ketones is 1. The molecule has 4 rings (SSSR count). The number of morpholine rings is 1. The summed E-state index contributed by atoms with van der Waals surface area (Å²) in [4.78, 5) is 27.9. The summed E-state index contributed by atoms with van der Waals surface area (Å²) in [6.07, 6.45) is 0. The Morgan fingerprint density at radius 2 is 1.34 bits per heavy atom. The molecular weight excluding hydrogens is 498 g/mol. The lowest BCUT2D eigenvalue weighted by Gasteiger charge is -2.37. The van der Waals surface area contributed by atoms with Gasteiger partial charge in [-0.05, 0) is 30.3 Å². The Hall–Kier alpha value is -2.11. The lowest BCUT2D eigenvalue weighted by Crippen LogP contribution is -2.55. The van der Waals surface area contributed by atoms with E-state index < -0.39 is 10.2 Å². The molecule has 0 aliphatic carbocycles. The minimum Gasteiger partial charge on any atom is -0.379 e. The van der Waals surface area contributed by atoms with Crippen molar-refractivity contribution in [2.24, 2.45) is 0 Å². The number of rotatable bonds is 5. The van der Waals surface area contributed by atoms with Crippen LogP contribution in [0.2, 0.25) is 0 Å². The van der Waals surface area contributed by atoms with E-state index in [0.29, 0.717) is 43.0 Å². The summed E-state index contributed by atoms with van der Waals surface area (Å²) in [6.45, 7) is 2.43. The third kappa shape index (κ3) is 4.79. The maximum atomic E-state index is 13.2. The van der Waals surface area contributed by atoms with Crippen LogP contribution >= 0.6 is 15.9 Å². The molecule has 8 nitrogen and oxygen atoms in total. The van der Waals surface area contributed by atoms with Crippen LogP contribution in [-0.4, -0.2) is 86.1 Å². The van der Waals surface area contributed by atoms with Crippen molar-refractivity contribution in [3.63, 3.8) is 0 Å². The van der Waals surface area contributed by atoms with Crippen LogP contribution in [0.3, 0.4) is 0 Å². The molecule has 0 spiro atoms. The highest BCUT2D eigenvalue weighted by atomic mass is 79.9. The van der Waals surface area contributed by atoms with Crippen LogP contribution in [0.1, 0.15) is 26.3 Å². The van der Waals surface area contributed by atoms with Crippen molar-refractivity contribution >= 4 is 37.8 Å². The summed E-state index contributed by atoms with van der Waals surface area (Å²) in [5.41, 5.74) is 1.16. The van der Waals surface area contributed by atoms with Crippen molar-refractivity contribution < 1.29 is 22.7 Å². The maximum absolute atomic E-state index is 13.2. The molecule has 1 amide bonds. The number of hydrogen-bond donors (Lipinski definition) is 0. The smallest absolute Gasteiger partial charge is 0.282 e. The second kappa shape index (κ2) is 9.80. The largest absolute Gasteiger partial charge is 0.379 e. The van der Waals surface area contributed by atoms with Gasteiger partial charge in [0.05, 0.1) is 18.8 Å². The number of nitrogens with zero attached hydrogens (tertiary/aromatic N) is 3. The van der Waals surface area contributed by atoms with Gasteiger partial charge in [0.2, 0.25) is 0 Å². The Kier molecular flexibility index (Phi) is 7.06. The van der Waals surface area contributed by atoms with Crippen molar-refractivity contribution in [1.82, 2.24) is 13.5 Å². The molecule has 0 saturated carbocycles. The standard InChI is InChI=1S/C22H24BrN3O5S/c23-18-7-5-17(6-8-18)21(27)19-3-1-2-4-20(19)22(28)24-9-11-25(12-10-24)32(29,30)26-13-15-31-16-14-26/h1-8H,9-16H2. The molecule has 0 atom stereocenters. The first-order valence-electron chi connectivity index (χ1n) is 10.4. The van der Waals surface area contributed by atoms with Crippen molar-refractivity contribution in [2.45, 2.75) is 0 Å². The van der Waals surface area contributed by atoms with Crippen LogP contribution < -0.4 is 0 Å². The van der Waals surface area contributed by atoms with E-state index in [1.807, 2.05) is 0 Å². The summed E-state index contributed by atoms with van der Waals surface area (Å²) in [6, 6.07) is 13.7. The number of halogens is 1. The molecule has 170 valence electrons. The van der Waals surface area contributed by atoms with Gasteiger partial charge in [0.1, 0.15) is 0 Å². The summed E-state index contributed by atoms with van der Waals surface area (Å²) in [7, 11) is -3.57. The minimum absolute atomic E-state index is 0.217. The first kappa shape index (κ1) is 23.1. The lowest BCUT2D eigenvalue weighted by molar-refractivity contribution is 0.0635. The van der Waals surface area contributed by atoms with Crippen LogP contribution in [-0.2, 0) is 14.9 Å². The van der Waals surface area contributed by atoms with Gasteiger partial charge in [-0.2, -0.15) is 17.0 Å². The topological polar surface area (TPSA) is 87.2 Å². The summed E-state index contributed by atoms with van der Waals surface area (Å²) in [5.74, 6) is -0.496. The molecule has 0 radical (unpaired) electrons. The molecule has 0 aromatic heterocycles. The van der Waals surface area contributed by atoms with Crippen LogP contribution in [0.4, 0.5) is 0 Å². The van der Waals surface area contributed by atoms with E-state index in [-0.39, 0.29) is 37.9 Å². The molecular formula is C22H24BrN3O5S. The maximum Gasteiger partial charge on any atom is 0.282 e. The van der Waals surface area contributed by atoms with E-state index in [9.17, 15) is 18.0 Å². The molecule has 0 bridgehead atoms. The zero-order chi connectivity index (χ0) is 22.7. The van der Waals surface area contributed by atoms with E-state index in [1.54, 1.807) is 53.4 Å². The third-order valence-electron chi connectivity index (χ3n) is 5.66. The van der Waals surface area contributed by atoms with Crippen molar-refractivity contribution in [1.29, 1.82) is 0 Å². The first-order valence-corrected chi connectivity index (χ1v) is 12.6. The molecule has 32 heavy (non-hydrogen) atoms. The zero-order valence-electron chi connectivity index (χ0n) is 17.4. The van der Waals surface area contributed by atoms with Gasteiger partial charge in [-0.1, -0.05) is 34.1 Å². The van der Waals surface area contributed by atoms with Crippen LogP contribution in [0.15, 0.2) is 53.0 Å². The second-order valence-electron chi connectivity index (χ2n) is 7.59.